The minimum atomic E-state index is 0.271. The standard InChI is InChI=1S/C12H18NOP/c14-12(11-2-1-7-13-11)8-9-3-5-10(15)6-4-9/h1-2,7,9-10,13H,3-6,8,15H2. The lowest BCUT2D eigenvalue weighted by Crippen LogP contribution is -2.17. The fourth-order valence-corrected chi connectivity index (χ4v) is 2.65. The first-order valence-corrected chi connectivity index (χ1v) is 6.34. The first-order valence-electron chi connectivity index (χ1n) is 5.68. The summed E-state index contributed by atoms with van der Waals surface area (Å²) in [5, 5.41) is 0. The first-order chi connectivity index (χ1) is 7.25. The summed E-state index contributed by atoms with van der Waals surface area (Å²) in [4.78, 5) is 14.8. The van der Waals surface area contributed by atoms with Crippen LogP contribution in [0.4, 0.5) is 0 Å². The van der Waals surface area contributed by atoms with Crippen molar-refractivity contribution in [3.05, 3.63) is 24.0 Å². The second kappa shape index (κ2) is 4.94. The molecule has 1 aromatic rings. The number of ketones is 1. The number of hydrogen-bond donors (Lipinski definition) is 1. The van der Waals surface area contributed by atoms with Gasteiger partial charge in [0.1, 0.15) is 0 Å². The predicted molar refractivity (Wildman–Crippen MR) is 65.2 cm³/mol. The molecule has 2 rings (SSSR count). The molecule has 2 nitrogen and oxygen atoms in total. The van der Waals surface area contributed by atoms with Gasteiger partial charge in [-0.05, 0) is 49.4 Å². The molecule has 0 spiro atoms. The van der Waals surface area contributed by atoms with E-state index >= 15 is 0 Å². The molecular formula is C12H18NOP. The molecule has 1 fully saturated rings. The average Bonchev–Trinajstić information content (AvgIpc) is 2.74. The first kappa shape index (κ1) is 10.9. The van der Waals surface area contributed by atoms with Crippen molar-refractivity contribution >= 4 is 15.0 Å². The lowest BCUT2D eigenvalue weighted by Gasteiger charge is -2.25. The SMILES string of the molecule is O=C(CC1CCC(P)CC1)c1ccc[nH]1. The van der Waals surface area contributed by atoms with Crippen molar-refractivity contribution in [3.63, 3.8) is 0 Å². The van der Waals surface area contributed by atoms with Crippen LogP contribution in [0.1, 0.15) is 42.6 Å². The highest BCUT2D eigenvalue weighted by molar-refractivity contribution is 7.17. The Labute approximate surface area is 93.0 Å². The third-order valence-corrected chi connectivity index (χ3v) is 3.93. The van der Waals surface area contributed by atoms with Gasteiger partial charge in [-0.1, -0.05) is 0 Å². The number of aromatic nitrogens is 1. The van der Waals surface area contributed by atoms with Gasteiger partial charge in [-0.25, -0.2) is 0 Å². The van der Waals surface area contributed by atoms with Gasteiger partial charge in [0.2, 0.25) is 0 Å². The third kappa shape index (κ3) is 2.92. The number of nitrogens with one attached hydrogen (secondary N) is 1. The summed E-state index contributed by atoms with van der Waals surface area (Å²) in [6.45, 7) is 0. The van der Waals surface area contributed by atoms with E-state index in [1.165, 1.54) is 25.7 Å². The van der Waals surface area contributed by atoms with E-state index < -0.39 is 0 Å². The molecule has 82 valence electrons. The van der Waals surface area contributed by atoms with E-state index in [9.17, 15) is 4.79 Å². The minimum absolute atomic E-state index is 0.271. The highest BCUT2D eigenvalue weighted by atomic mass is 31.0. The number of hydrogen-bond acceptors (Lipinski definition) is 1. The van der Waals surface area contributed by atoms with E-state index in [2.05, 4.69) is 14.2 Å². The fourth-order valence-electron chi connectivity index (χ4n) is 2.27. The van der Waals surface area contributed by atoms with Crippen LogP contribution in [-0.4, -0.2) is 16.4 Å². The quantitative estimate of drug-likeness (QED) is 0.620. The van der Waals surface area contributed by atoms with Crippen LogP contribution in [0.5, 0.6) is 0 Å². The van der Waals surface area contributed by atoms with Crippen molar-refractivity contribution in [1.29, 1.82) is 0 Å². The third-order valence-electron chi connectivity index (χ3n) is 3.26. The largest absolute Gasteiger partial charge is 0.359 e. The molecular weight excluding hydrogens is 205 g/mol. The van der Waals surface area contributed by atoms with Crippen LogP contribution in [0.15, 0.2) is 18.3 Å². The molecule has 0 aliphatic heterocycles. The molecule has 0 amide bonds. The molecule has 1 atom stereocenters. The molecule has 0 aromatic carbocycles. The maximum atomic E-state index is 11.8. The van der Waals surface area contributed by atoms with Crippen molar-refractivity contribution in [1.82, 2.24) is 4.98 Å². The van der Waals surface area contributed by atoms with Crippen LogP contribution in [0.2, 0.25) is 0 Å². The fraction of sp³-hybridized carbons (Fsp3) is 0.583. The van der Waals surface area contributed by atoms with E-state index in [1.54, 1.807) is 0 Å². The van der Waals surface area contributed by atoms with E-state index in [-0.39, 0.29) is 5.78 Å². The zero-order valence-electron chi connectivity index (χ0n) is 8.91. The Hall–Kier alpha value is -0.620. The molecule has 1 heterocycles. The van der Waals surface area contributed by atoms with Crippen molar-refractivity contribution < 1.29 is 4.79 Å². The zero-order valence-corrected chi connectivity index (χ0v) is 10.1. The van der Waals surface area contributed by atoms with Gasteiger partial charge < -0.3 is 4.98 Å². The van der Waals surface area contributed by atoms with Crippen LogP contribution >= 0.6 is 9.24 Å². The average molecular weight is 223 g/mol. The summed E-state index contributed by atoms with van der Waals surface area (Å²) in [6, 6.07) is 3.75. The van der Waals surface area contributed by atoms with Crippen LogP contribution in [-0.2, 0) is 0 Å². The van der Waals surface area contributed by atoms with Crippen LogP contribution in [0.3, 0.4) is 0 Å². The van der Waals surface area contributed by atoms with Gasteiger partial charge in [0.25, 0.3) is 0 Å². The highest BCUT2D eigenvalue weighted by Crippen LogP contribution is 2.31. The number of rotatable bonds is 3. The van der Waals surface area contributed by atoms with Gasteiger partial charge in [-0.3, -0.25) is 4.79 Å². The Kier molecular flexibility index (Phi) is 3.58. The van der Waals surface area contributed by atoms with E-state index in [0.29, 0.717) is 5.92 Å². The summed E-state index contributed by atoms with van der Waals surface area (Å²) in [5.41, 5.74) is 1.55. The Morgan fingerprint density at radius 1 is 1.40 bits per heavy atom. The second-order valence-electron chi connectivity index (χ2n) is 4.49. The predicted octanol–water partition coefficient (Wildman–Crippen LogP) is 3.02. The molecule has 0 radical (unpaired) electrons. The summed E-state index contributed by atoms with van der Waals surface area (Å²) in [6.07, 6.45) is 7.46. The van der Waals surface area contributed by atoms with Gasteiger partial charge >= 0.3 is 0 Å². The Bertz CT molecular complexity index is 312. The lowest BCUT2D eigenvalue weighted by atomic mass is 9.85. The topological polar surface area (TPSA) is 32.9 Å². The zero-order chi connectivity index (χ0) is 10.7. The molecule has 1 aliphatic rings. The second-order valence-corrected chi connectivity index (χ2v) is 5.43. The summed E-state index contributed by atoms with van der Waals surface area (Å²) >= 11 is 0. The summed E-state index contributed by atoms with van der Waals surface area (Å²) < 4.78 is 0. The number of carbonyl (C=O) groups is 1. The normalized spacial score (nSPS) is 26.5. The molecule has 1 unspecified atom stereocenters. The molecule has 1 saturated carbocycles. The molecule has 1 aliphatic carbocycles. The number of Topliss-reactive ketones (excluding diaryl/α,β-unsaturated/α-hetero) is 1. The molecule has 3 heteroatoms. The minimum Gasteiger partial charge on any atom is -0.359 e. The van der Waals surface area contributed by atoms with Gasteiger partial charge in [-0.15, -0.1) is 9.24 Å². The molecule has 0 bridgehead atoms. The Morgan fingerprint density at radius 3 is 2.73 bits per heavy atom. The van der Waals surface area contributed by atoms with Crippen molar-refractivity contribution in [3.8, 4) is 0 Å². The molecule has 1 aromatic heterocycles. The molecule has 15 heavy (non-hydrogen) atoms. The molecule has 1 N–H and O–H groups in total. The number of H-pyrrole nitrogens is 1. The van der Waals surface area contributed by atoms with E-state index in [1.807, 2.05) is 18.3 Å². The van der Waals surface area contributed by atoms with Gasteiger partial charge in [-0.2, -0.15) is 0 Å². The van der Waals surface area contributed by atoms with Crippen molar-refractivity contribution in [2.75, 3.05) is 0 Å². The smallest absolute Gasteiger partial charge is 0.179 e. The van der Waals surface area contributed by atoms with Crippen LogP contribution in [0.25, 0.3) is 0 Å². The van der Waals surface area contributed by atoms with E-state index in [4.69, 9.17) is 0 Å². The van der Waals surface area contributed by atoms with Gasteiger partial charge in [0, 0.05) is 12.6 Å². The van der Waals surface area contributed by atoms with E-state index in [0.717, 1.165) is 17.8 Å². The maximum absolute atomic E-state index is 11.8. The lowest BCUT2D eigenvalue weighted by molar-refractivity contribution is 0.0946. The Balaban J connectivity index is 1.85. The van der Waals surface area contributed by atoms with Crippen LogP contribution in [0, 0.1) is 5.92 Å². The highest BCUT2D eigenvalue weighted by Gasteiger charge is 2.21. The summed E-state index contributed by atoms with van der Waals surface area (Å²) in [7, 11) is 2.90. The Morgan fingerprint density at radius 2 is 2.13 bits per heavy atom. The van der Waals surface area contributed by atoms with Crippen molar-refractivity contribution in [2.24, 2.45) is 5.92 Å². The monoisotopic (exact) mass is 223 g/mol. The number of carbonyl (C=O) groups excluding carboxylic acids is 1. The summed E-state index contributed by atoms with van der Waals surface area (Å²) in [5.74, 6) is 0.879. The van der Waals surface area contributed by atoms with Crippen LogP contribution < -0.4 is 0 Å². The molecule has 0 saturated heterocycles. The van der Waals surface area contributed by atoms with Gasteiger partial charge in [0.15, 0.2) is 5.78 Å². The number of aromatic amines is 1. The maximum Gasteiger partial charge on any atom is 0.179 e. The van der Waals surface area contributed by atoms with Crippen molar-refractivity contribution in [2.45, 2.75) is 37.8 Å². The van der Waals surface area contributed by atoms with Gasteiger partial charge in [0.05, 0.1) is 5.69 Å².